The van der Waals surface area contributed by atoms with Gasteiger partial charge in [0.1, 0.15) is 0 Å². The number of hydrogen-bond donors (Lipinski definition) is 0. The maximum atomic E-state index is 12.4. The van der Waals surface area contributed by atoms with Crippen LogP contribution in [0.1, 0.15) is 22.8 Å². The van der Waals surface area contributed by atoms with Crippen molar-refractivity contribution < 1.29 is 23.0 Å². The number of alkyl halides is 2. The Morgan fingerprint density at radius 1 is 1.12 bits per heavy atom. The quantitative estimate of drug-likeness (QED) is 0.507. The first-order valence-corrected chi connectivity index (χ1v) is 8.12. The number of ketones is 1. The summed E-state index contributed by atoms with van der Waals surface area (Å²) in [6.45, 7) is -0.873. The molecule has 0 unspecified atom stereocenters. The Hall–Kier alpha value is -2.89. The van der Waals surface area contributed by atoms with Crippen LogP contribution in [0.5, 0.6) is 11.5 Å². The van der Waals surface area contributed by atoms with E-state index in [1.807, 2.05) is 31.1 Å². The lowest BCUT2D eigenvalue weighted by Crippen LogP contribution is -2.08. The zero-order valence-electron chi connectivity index (χ0n) is 14.9. The standard InChI is InChI=1S/C20H21F2NO3/c1-4-25-19-13-14(6-12-18(19)26-20(21)22)5-11-17(24)15-7-9-16(10-8-15)23(2)3/h5-13,20H,4H2,1-3H3/b11-5+. The summed E-state index contributed by atoms with van der Waals surface area (Å²) in [4.78, 5) is 14.2. The highest BCUT2D eigenvalue weighted by atomic mass is 19.3. The van der Waals surface area contributed by atoms with Gasteiger partial charge in [0, 0.05) is 25.3 Å². The number of carbonyl (C=O) groups is 1. The van der Waals surface area contributed by atoms with Gasteiger partial charge in [-0.25, -0.2) is 0 Å². The van der Waals surface area contributed by atoms with Crippen LogP contribution in [0.3, 0.4) is 0 Å². The monoisotopic (exact) mass is 361 g/mol. The zero-order chi connectivity index (χ0) is 19.1. The molecule has 0 heterocycles. The van der Waals surface area contributed by atoms with Crippen molar-refractivity contribution in [3.8, 4) is 11.5 Å². The summed E-state index contributed by atoms with van der Waals surface area (Å²) in [6, 6.07) is 11.8. The highest BCUT2D eigenvalue weighted by molar-refractivity contribution is 6.07. The van der Waals surface area contributed by atoms with Gasteiger partial charge in [0.15, 0.2) is 17.3 Å². The number of anilines is 1. The maximum absolute atomic E-state index is 12.4. The largest absolute Gasteiger partial charge is 0.490 e. The minimum atomic E-state index is -2.93. The van der Waals surface area contributed by atoms with E-state index in [0.717, 1.165) is 5.69 Å². The molecule has 138 valence electrons. The van der Waals surface area contributed by atoms with Crippen LogP contribution in [-0.2, 0) is 0 Å². The first-order valence-electron chi connectivity index (χ1n) is 8.12. The average Bonchev–Trinajstić information content (AvgIpc) is 2.61. The third kappa shape index (κ3) is 5.31. The smallest absolute Gasteiger partial charge is 0.387 e. The van der Waals surface area contributed by atoms with Crippen molar-refractivity contribution in [3.63, 3.8) is 0 Å². The summed E-state index contributed by atoms with van der Waals surface area (Å²) < 4.78 is 34.6. The van der Waals surface area contributed by atoms with Crippen LogP contribution < -0.4 is 14.4 Å². The molecular formula is C20H21F2NO3. The second-order valence-electron chi connectivity index (χ2n) is 5.66. The molecule has 0 aromatic heterocycles. The van der Waals surface area contributed by atoms with E-state index in [1.54, 1.807) is 37.3 Å². The predicted molar refractivity (Wildman–Crippen MR) is 98.4 cm³/mol. The summed E-state index contributed by atoms with van der Waals surface area (Å²) in [5.74, 6) is 0.0171. The normalized spacial score (nSPS) is 11.0. The van der Waals surface area contributed by atoms with E-state index in [0.29, 0.717) is 17.7 Å². The summed E-state index contributed by atoms with van der Waals surface area (Å²) in [5, 5.41) is 0. The number of allylic oxidation sites excluding steroid dienone is 1. The van der Waals surface area contributed by atoms with E-state index in [4.69, 9.17) is 4.74 Å². The number of ether oxygens (including phenoxy) is 2. The molecule has 0 aliphatic heterocycles. The Balaban J connectivity index is 2.15. The van der Waals surface area contributed by atoms with Gasteiger partial charge in [0.2, 0.25) is 0 Å². The molecule has 6 heteroatoms. The minimum absolute atomic E-state index is 0.0374. The fraction of sp³-hybridized carbons (Fsp3) is 0.250. The second kappa shape index (κ2) is 8.99. The van der Waals surface area contributed by atoms with Crippen molar-refractivity contribution in [2.75, 3.05) is 25.6 Å². The van der Waals surface area contributed by atoms with Crippen molar-refractivity contribution in [2.45, 2.75) is 13.5 Å². The van der Waals surface area contributed by atoms with Gasteiger partial charge in [-0.2, -0.15) is 8.78 Å². The van der Waals surface area contributed by atoms with E-state index in [2.05, 4.69) is 4.74 Å². The van der Waals surface area contributed by atoms with Crippen LogP contribution in [0.2, 0.25) is 0 Å². The second-order valence-corrected chi connectivity index (χ2v) is 5.66. The fourth-order valence-corrected chi connectivity index (χ4v) is 2.28. The van der Waals surface area contributed by atoms with Crippen molar-refractivity contribution in [2.24, 2.45) is 0 Å². The summed E-state index contributed by atoms with van der Waals surface area (Å²) >= 11 is 0. The van der Waals surface area contributed by atoms with E-state index in [1.165, 1.54) is 12.1 Å². The molecule has 0 atom stereocenters. The van der Waals surface area contributed by atoms with Gasteiger partial charge >= 0.3 is 6.61 Å². The van der Waals surface area contributed by atoms with E-state index in [-0.39, 0.29) is 17.3 Å². The molecule has 0 spiro atoms. The van der Waals surface area contributed by atoms with Gasteiger partial charge in [-0.1, -0.05) is 12.1 Å². The highest BCUT2D eigenvalue weighted by Crippen LogP contribution is 2.30. The lowest BCUT2D eigenvalue weighted by atomic mass is 10.1. The van der Waals surface area contributed by atoms with Gasteiger partial charge in [0.05, 0.1) is 6.61 Å². The van der Waals surface area contributed by atoms with Crippen LogP contribution >= 0.6 is 0 Å². The van der Waals surface area contributed by atoms with E-state index < -0.39 is 6.61 Å². The topological polar surface area (TPSA) is 38.8 Å². The average molecular weight is 361 g/mol. The molecule has 4 nitrogen and oxygen atoms in total. The number of nitrogens with zero attached hydrogens (tertiary/aromatic N) is 1. The van der Waals surface area contributed by atoms with Crippen LogP contribution in [0.4, 0.5) is 14.5 Å². The zero-order valence-corrected chi connectivity index (χ0v) is 14.9. The Bertz CT molecular complexity index is 771. The molecule has 0 amide bonds. The molecule has 2 aromatic carbocycles. The highest BCUT2D eigenvalue weighted by Gasteiger charge is 2.11. The lowest BCUT2D eigenvalue weighted by Gasteiger charge is -2.12. The fourth-order valence-electron chi connectivity index (χ4n) is 2.28. The first-order chi connectivity index (χ1) is 12.4. The van der Waals surface area contributed by atoms with Gasteiger partial charge < -0.3 is 14.4 Å². The van der Waals surface area contributed by atoms with E-state index >= 15 is 0 Å². The lowest BCUT2D eigenvalue weighted by molar-refractivity contribution is -0.0514. The number of carbonyl (C=O) groups excluding carboxylic acids is 1. The molecule has 0 radical (unpaired) electrons. The van der Waals surface area contributed by atoms with E-state index in [9.17, 15) is 13.6 Å². The Kier molecular flexibility index (Phi) is 6.72. The van der Waals surface area contributed by atoms with Crippen LogP contribution in [0, 0.1) is 0 Å². The number of rotatable bonds is 8. The maximum Gasteiger partial charge on any atom is 0.387 e. The minimum Gasteiger partial charge on any atom is -0.490 e. The molecule has 0 bridgehead atoms. The molecular weight excluding hydrogens is 340 g/mol. The number of benzene rings is 2. The summed E-state index contributed by atoms with van der Waals surface area (Å²) in [5.41, 5.74) is 2.21. The van der Waals surface area contributed by atoms with Crippen molar-refractivity contribution in [1.29, 1.82) is 0 Å². The Labute approximate surface area is 151 Å². The van der Waals surface area contributed by atoms with Gasteiger partial charge in [-0.05, 0) is 55.0 Å². The predicted octanol–water partition coefficient (Wildman–Crippen LogP) is 4.65. The SMILES string of the molecule is CCOc1cc(/C=C/C(=O)c2ccc(N(C)C)cc2)ccc1OC(F)F. The first kappa shape index (κ1) is 19.4. The third-order valence-electron chi connectivity index (χ3n) is 3.58. The molecule has 0 saturated carbocycles. The summed E-state index contributed by atoms with van der Waals surface area (Å²) in [6.07, 6.45) is 3.04. The van der Waals surface area contributed by atoms with Crippen LogP contribution in [0.25, 0.3) is 6.08 Å². The van der Waals surface area contributed by atoms with Crippen molar-refractivity contribution in [1.82, 2.24) is 0 Å². The Morgan fingerprint density at radius 3 is 2.38 bits per heavy atom. The number of halogens is 2. The van der Waals surface area contributed by atoms with Gasteiger partial charge in [0.25, 0.3) is 0 Å². The molecule has 26 heavy (non-hydrogen) atoms. The number of hydrogen-bond acceptors (Lipinski definition) is 4. The molecule has 2 rings (SSSR count). The molecule has 0 saturated heterocycles. The van der Waals surface area contributed by atoms with Crippen molar-refractivity contribution in [3.05, 3.63) is 59.7 Å². The van der Waals surface area contributed by atoms with Crippen molar-refractivity contribution >= 4 is 17.5 Å². The molecule has 0 aliphatic rings. The molecule has 0 fully saturated rings. The molecule has 0 aliphatic carbocycles. The molecule has 2 aromatic rings. The third-order valence-corrected chi connectivity index (χ3v) is 3.58. The Morgan fingerprint density at radius 2 is 1.81 bits per heavy atom. The molecule has 0 N–H and O–H groups in total. The van der Waals surface area contributed by atoms with Gasteiger partial charge in [-0.15, -0.1) is 0 Å². The van der Waals surface area contributed by atoms with Gasteiger partial charge in [-0.3, -0.25) is 4.79 Å². The summed E-state index contributed by atoms with van der Waals surface area (Å²) in [7, 11) is 3.85. The van der Waals surface area contributed by atoms with Crippen LogP contribution in [-0.4, -0.2) is 33.1 Å². The van der Waals surface area contributed by atoms with Crippen LogP contribution in [0.15, 0.2) is 48.5 Å².